The first-order valence-electron chi connectivity index (χ1n) is 5.27. The number of carbonyl (C=O) groups is 2. The van der Waals surface area contributed by atoms with Crippen molar-refractivity contribution in [3.63, 3.8) is 0 Å². The molecular weight excluding hydrogens is 202 g/mol. The molecule has 0 aromatic heterocycles. The lowest BCUT2D eigenvalue weighted by Gasteiger charge is -2.07. The van der Waals surface area contributed by atoms with E-state index in [9.17, 15) is 9.59 Å². The van der Waals surface area contributed by atoms with Crippen molar-refractivity contribution < 1.29 is 9.59 Å². The molecule has 0 radical (unpaired) electrons. The number of benzene rings is 1. The van der Waals surface area contributed by atoms with Crippen molar-refractivity contribution in [2.45, 2.75) is 19.3 Å². The Morgan fingerprint density at radius 1 is 1.31 bits per heavy atom. The number of allylic oxidation sites excluding steroid dienone is 1. The van der Waals surface area contributed by atoms with Gasteiger partial charge in [0.1, 0.15) is 0 Å². The van der Waals surface area contributed by atoms with Gasteiger partial charge < -0.3 is 5.32 Å². The number of Topliss-reactive ketones (excluding diaryl/α,β-unsaturated/α-hetero) is 1. The van der Waals surface area contributed by atoms with Crippen LogP contribution in [0.5, 0.6) is 0 Å². The van der Waals surface area contributed by atoms with Gasteiger partial charge in [-0.2, -0.15) is 0 Å². The second kappa shape index (κ2) is 4.31. The number of carbonyl (C=O) groups excluding carboxylic acids is 2. The Morgan fingerprint density at radius 2 is 2.12 bits per heavy atom. The summed E-state index contributed by atoms with van der Waals surface area (Å²) in [7, 11) is 0. The number of amides is 1. The molecule has 1 amide bonds. The summed E-state index contributed by atoms with van der Waals surface area (Å²) in [6, 6.07) is 5.53. The topological polar surface area (TPSA) is 46.2 Å². The molecule has 1 aliphatic heterocycles. The van der Waals surface area contributed by atoms with Crippen LogP contribution in [0, 0.1) is 0 Å². The Hall–Kier alpha value is -1.90. The van der Waals surface area contributed by atoms with Crippen LogP contribution in [0.25, 0.3) is 0 Å². The van der Waals surface area contributed by atoms with Crippen LogP contribution in [0.3, 0.4) is 0 Å². The first-order chi connectivity index (χ1) is 7.70. The highest BCUT2D eigenvalue weighted by molar-refractivity contribution is 6.09. The molecule has 0 saturated heterocycles. The normalized spacial score (nSPS) is 15.0. The number of hydrogen-bond acceptors (Lipinski definition) is 2. The zero-order valence-corrected chi connectivity index (χ0v) is 8.95. The quantitative estimate of drug-likeness (QED) is 0.769. The van der Waals surface area contributed by atoms with Gasteiger partial charge in [-0.1, -0.05) is 12.1 Å². The Morgan fingerprint density at radius 3 is 2.88 bits per heavy atom. The van der Waals surface area contributed by atoms with E-state index in [1.165, 1.54) is 0 Å². The van der Waals surface area contributed by atoms with E-state index >= 15 is 0 Å². The van der Waals surface area contributed by atoms with Crippen LogP contribution in [0.4, 0.5) is 5.69 Å². The van der Waals surface area contributed by atoms with Gasteiger partial charge >= 0.3 is 0 Å². The van der Waals surface area contributed by atoms with Crippen molar-refractivity contribution in [3.05, 3.63) is 42.0 Å². The lowest BCUT2D eigenvalue weighted by atomic mass is 10.0. The molecule has 82 valence electrons. The summed E-state index contributed by atoms with van der Waals surface area (Å²) in [5.41, 5.74) is 2.28. The average molecular weight is 215 g/mol. The van der Waals surface area contributed by atoms with E-state index in [2.05, 4.69) is 11.9 Å². The van der Waals surface area contributed by atoms with Crippen molar-refractivity contribution in [1.82, 2.24) is 0 Å². The average Bonchev–Trinajstić information content (AvgIpc) is 2.40. The van der Waals surface area contributed by atoms with Gasteiger partial charge in [0.25, 0.3) is 0 Å². The molecule has 3 nitrogen and oxygen atoms in total. The minimum atomic E-state index is -0.0939. The molecule has 1 aliphatic rings. The van der Waals surface area contributed by atoms with E-state index in [1.54, 1.807) is 12.1 Å². The van der Waals surface area contributed by atoms with Crippen molar-refractivity contribution in [1.29, 1.82) is 0 Å². The maximum absolute atomic E-state index is 11.8. The maximum atomic E-state index is 11.8. The Bertz CT molecular complexity index is 463. The number of ketones is 1. The van der Waals surface area contributed by atoms with E-state index in [0.717, 1.165) is 12.0 Å². The molecule has 1 heterocycles. The number of nitrogens with one attached hydrogen (secondary N) is 1. The van der Waals surface area contributed by atoms with Gasteiger partial charge in [-0.15, -0.1) is 6.58 Å². The smallest absolute Gasteiger partial charge is 0.224 e. The molecule has 0 unspecified atom stereocenters. The number of anilines is 1. The summed E-state index contributed by atoms with van der Waals surface area (Å²) in [6.45, 7) is 3.66. The predicted molar refractivity (Wildman–Crippen MR) is 62.5 cm³/mol. The first kappa shape index (κ1) is 10.6. The molecule has 2 rings (SSSR count). The van der Waals surface area contributed by atoms with Gasteiger partial charge in [0, 0.05) is 18.4 Å². The van der Waals surface area contributed by atoms with Crippen LogP contribution in [-0.2, 0) is 11.2 Å². The molecule has 1 aromatic carbocycles. The van der Waals surface area contributed by atoms with Gasteiger partial charge in [0.15, 0.2) is 5.78 Å². The van der Waals surface area contributed by atoms with E-state index in [-0.39, 0.29) is 24.5 Å². The van der Waals surface area contributed by atoms with E-state index < -0.39 is 0 Å². The fraction of sp³-hybridized carbons (Fsp3) is 0.231. The molecule has 16 heavy (non-hydrogen) atoms. The van der Waals surface area contributed by atoms with Gasteiger partial charge in [-0.05, 0) is 24.1 Å². The van der Waals surface area contributed by atoms with Crippen LogP contribution in [0.15, 0.2) is 30.9 Å². The second-order valence-corrected chi connectivity index (χ2v) is 3.84. The number of hydrogen-bond donors (Lipinski definition) is 1. The van der Waals surface area contributed by atoms with Crippen molar-refractivity contribution in [2.75, 3.05) is 5.32 Å². The third kappa shape index (κ3) is 2.03. The summed E-state index contributed by atoms with van der Waals surface area (Å²) < 4.78 is 0. The highest BCUT2D eigenvalue weighted by atomic mass is 16.2. The van der Waals surface area contributed by atoms with Gasteiger partial charge in [0.05, 0.1) is 5.69 Å². The van der Waals surface area contributed by atoms with E-state index in [0.29, 0.717) is 11.3 Å². The molecule has 0 saturated carbocycles. The maximum Gasteiger partial charge on any atom is 0.224 e. The van der Waals surface area contributed by atoms with Gasteiger partial charge in [0.2, 0.25) is 5.91 Å². The first-order valence-corrected chi connectivity index (χ1v) is 5.27. The Kier molecular flexibility index (Phi) is 2.86. The van der Waals surface area contributed by atoms with Crippen LogP contribution >= 0.6 is 0 Å². The summed E-state index contributed by atoms with van der Waals surface area (Å²) in [5, 5.41) is 2.74. The minimum absolute atomic E-state index is 0.0271. The predicted octanol–water partition coefficient (Wildman–Crippen LogP) is 2.33. The zero-order chi connectivity index (χ0) is 11.5. The van der Waals surface area contributed by atoms with Gasteiger partial charge in [-0.25, -0.2) is 0 Å². The van der Waals surface area contributed by atoms with Crippen LogP contribution in [0.2, 0.25) is 0 Å². The molecular formula is C13H13NO2. The largest absolute Gasteiger partial charge is 0.325 e. The fourth-order valence-electron chi connectivity index (χ4n) is 1.80. The minimum Gasteiger partial charge on any atom is -0.325 e. The monoisotopic (exact) mass is 215 g/mol. The Balaban J connectivity index is 2.43. The van der Waals surface area contributed by atoms with Crippen molar-refractivity contribution in [2.24, 2.45) is 0 Å². The third-order valence-electron chi connectivity index (χ3n) is 2.62. The number of fused-ring (bicyclic) bond motifs is 1. The molecule has 3 heteroatoms. The SMILES string of the molecule is C=CCc1ccc2c(c1)C(=O)CCC(=O)N2. The highest BCUT2D eigenvalue weighted by Crippen LogP contribution is 2.23. The van der Waals surface area contributed by atoms with E-state index in [4.69, 9.17) is 0 Å². The second-order valence-electron chi connectivity index (χ2n) is 3.84. The molecule has 1 N–H and O–H groups in total. The van der Waals surface area contributed by atoms with Crippen LogP contribution < -0.4 is 5.32 Å². The fourth-order valence-corrected chi connectivity index (χ4v) is 1.80. The summed E-state index contributed by atoms with van der Waals surface area (Å²) >= 11 is 0. The summed E-state index contributed by atoms with van der Waals surface area (Å²) in [6.07, 6.45) is 3.08. The standard InChI is InChI=1S/C13H13NO2/c1-2-3-9-4-5-11-10(8-9)12(15)6-7-13(16)14-11/h2,4-5,8H,1,3,6-7H2,(H,14,16). The lowest BCUT2D eigenvalue weighted by Crippen LogP contribution is -2.09. The Labute approximate surface area is 94.2 Å². The summed E-state index contributed by atoms with van der Waals surface area (Å²) in [5.74, 6) is -0.0668. The molecule has 1 aromatic rings. The molecule has 0 spiro atoms. The van der Waals surface area contributed by atoms with Crippen molar-refractivity contribution >= 4 is 17.4 Å². The molecule has 0 bridgehead atoms. The van der Waals surface area contributed by atoms with Crippen molar-refractivity contribution in [3.8, 4) is 0 Å². The van der Waals surface area contributed by atoms with Crippen LogP contribution in [-0.4, -0.2) is 11.7 Å². The summed E-state index contributed by atoms with van der Waals surface area (Å²) in [4.78, 5) is 23.1. The third-order valence-corrected chi connectivity index (χ3v) is 2.62. The van der Waals surface area contributed by atoms with Gasteiger partial charge in [-0.3, -0.25) is 9.59 Å². The molecule has 0 fully saturated rings. The van der Waals surface area contributed by atoms with Crippen LogP contribution in [0.1, 0.15) is 28.8 Å². The molecule has 0 aliphatic carbocycles. The van der Waals surface area contributed by atoms with E-state index in [1.807, 2.05) is 12.1 Å². The zero-order valence-electron chi connectivity index (χ0n) is 8.95. The number of rotatable bonds is 2. The highest BCUT2D eigenvalue weighted by Gasteiger charge is 2.19. The molecule has 0 atom stereocenters. The lowest BCUT2D eigenvalue weighted by molar-refractivity contribution is -0.116.